The van der Waals surface area contributed by atoms with Crippen LogP contribution in [0.3, 0.4) is 0 Å². The monoisotopic (exact) mass is 232 g/mol. The lowest BCUT2D eigenvalue weighted by Crippen LogP contribution is -1.80. The standard InChI is InChI=1S/C4H9IOS/c1-2-3-4-6-7-5/h2-4H2,1H3. The van der Waals surface area contributed by atoms with E-state index in [-0.39, 0.29) is 0 Å². The zero-order chi connectivity index (χ0) is 5.54. The number of hydrogen-bond acceptors (Lipinski definition) is 2. The maximum atomic E-state index is 4.98. The van der Waals surface area contributed by atoms with Gasteiger partial charge in [0.1, 0.15) is 0 Å². The molecule has 3 heteroatoms. The normalized spacial score (nSPS) is 9.43. The second-order valence-electron chi connectivity index (χ2n) is 1.24. The number of unbranched alkanes of at least 4 members (excludes halogenated alkanes) is 1. The average molecular weight is 232 g/mol. The first kappa shape index (κ1) is 8.04. The molecule has 0 aromatic rings. The third kappa shape index (κ3) is 7.04. The summed E-state index contributed by atoms with van der Waals surface area (Å²) in [5.74, 6) is 0. The maximum Gasteiger partial charge on any atom is 0.0650 e. The topological polar surface area (TPSA) is 9.23 Å². The van der Waals surface area contributed by atoms with Gasteiger partial charge in [-0.05, 0) is 6.42 Å². The predicted octanol–water partition coefficient (Wildman–Crippen LogP) is 2.80. The van der Waals surface area contributed by atoms with Gasteiger partial charge in [-0.2, -0.15) is 0 Å². The summed E-state index contributed by atoms with van der Waals surface area (Å²) in [4.78, 5) is 0. The summed E-state index contributed by atoms with van der Waals surface area (Å²) in [6.07, 6.45) is 2.40. The Kier molecular flexibility index (Phi) is 8.09. The molecular weight excluding hydrogens is 223 g/mol. The molecule has 0 atom stereocenters. The molecule has 0 fully saturated rings. The summed E-state index contributed by atoms with van der Waals surface area (Å²) in [6, 6.07) is 0. The lowest BCUT2D eigenvalue weighted by atomic mass is 10.4. The van der Waals surface area contributed by atoms with E-state index >= 15 is 0 Å². The fourth-order valence-corrected chi connectivity index (χ4v) is 0.955. The number of halogens is 1. The van der Waals surface area contributed by atoms with Crippen LogP contribution in [0.4, 0.5) is 0 Å². The van der Waals surface area contributed by atoms with E-state index in [1.165, 1.54) is 22.1 Å². The van der Waals surface area contributed by atoms with Crippen molar-refractivity contribution in [3.05, 3.63) is 0 Å². The van der Waals surface area contributed by atoms with Gasteiger partial charge in [-0.1, -0.05) is 13.3 Å². The fourth-order valence-electron chi connectivity index (χ4n) is 0.235. The van der Waals surface area contributed by atoms with E-state index in [0.717, 1.165) is 6.61 Å². The summed E-state index contributed by atoms with van der Waals surface area (Å²) in [7, 11) is 1.41. The van der Waals surface area contributed by atoms with Gasteiger partial charge in [-0.25, -0.2) is 0 Å². The largest absolute Gasteiger partial charge is 0.305 e. The number of hydrogen-bond donors (Lipinski definition) is 0. The van der Waals surface area contributed by atoms with Crippen molar-refractivity contribution < 1.29 is 4.18 Å². The molecule has 0 bridgehead atoms. The molecule has 44 valence electrons. The second kappa shape index (κ2) is 7.04. The van der Waals surface area contributed by atoms with Crippen LogP contribution in [0.2, 0.25) is 0 Å². The molecule has 0 aliphatic carbocycles. The Labute approximate surface area is 61.0 Å². The van der Waals surface area contributed by atoms with Gasteiger partial charge in [0.25, 0.3) is 0 Å². The maximum absolute atomic E-state index is 4.98. The SMILES string of the molecule is CCCCOSI. The molecule has 0 spiro atoms. The van der Waals surface area contributed by atoms with Crippen LogP contribution in [0.1, 0.15) is 19.8 Å². The molecular formula is C4H9IOS. The van der Waals surface area contributed by atoms with Crippen LogP contribution in [0, 0.1) is 0 Å². The van der Waals surface area contributed by atoms with Crippen LogP contribution in [-0.4, -0.2) is 6.61 Å². The smallest absolute Gasteiger partial charge is 0.0650 e. The lowest BCUT2D eigenvalue weighted by Gasteiger charge is -1.91. The van der Waals surface area contributed by atoms with Gasteiger partial charge in [0.2, 0.25) is 0 Å². The lowest BCUT2D eigenvalue weighted by molar-refractivity contribution is 0.369. The Balaban J connectivity index is 2.45. The molecule has 0 rings (SSSR count). The predicted molar refractivity (Wildman–Crippen MR) is 42.5 cm³/mol. The van der Waals surface area contributed by atoms with Crippen LogP contribution < -0.4 is 0 Å². The van der Waals surface area contributed by atoms with Crippen molar-refractivity contribution in [3.8, 4) is 0 Å². The molecule has 0 aliphatic heterocycles. The molecule has 0 amide bonds. The summed E-state index contributed by atoms with van der Waals surface area (Å²) in [5, 5.41) is 0. The molecule has 0 aliphatic rings. The van der Waals surface area contributed by atoms with Crippen molar-refractivity contribution in [2.24, 2.45) is 0 Å². The molecule has 0 aromatic carbocycles. The van der Waals surface area contributed by atoms with E-state index in [1.54, 1.807) is 0 Å². The van der Waals surface area contributed by atoms with Gasteiger partial charge in [0.15, 0.2) is 0 Å². The number of rotatable bonds is 4. The highest BCUT2D eigenvalue weighted by molar-refractivity contribution is 14.2. The molecule has 7 heavy (non-hydrogen) atoms. The third-order valence-corrected chi connectivity index (χ3v) is 1.64. The quantitative estimate of drug-likeness (QED) is 0.418. The van der Waals surface area contributed by atoms with Crippen molar-refractivity contribution >= 4 is 30.4 Å². The molecule has 0 unspecified atom stereocenters. The van der Waals surface area contributed by atoms with Crippen LogP contribution in [-0.2, 0) is 4.18 Å². The van der Waals surface area contributed by atoms with Crippen molar-refractivity contribution in [1.29, 1.82) is 0 Å². The van der Waals surface area contributed by atoms with Crippen LogP contribution in [0.25, 0.3) is 0 Å². The average Bonchev–Trinajstić information content (AvgIpc) is 1.69. The van der Waals surface area contributed by atoms with Crippen molar-refractivity contribution in [1.82, 2.24) is 0 Å². The van der Waals surface area contributed by atoms with E-state index in [9.17, 15) is 0 Å². The van der Waals surface area contributed by atoms with Gasteiger partial charge >= 0.3 is 0 Å². The van der Waals surface area contributed by atoms with Gasteiger partial charge in [0, 0.05) is 21.2 Å². The van der Waals surface area contributed by atoms with E-state index in [1.807, 2.05) is 0 Å². The highest BCUT2D eigenvalue weighted by Gasteiger charge is 1.80. The summed E-state index contributed by atoms with van der Waals surface area (Å²) in [6.45, 7) is 3.05. The summed E-state index contributed by atoms with van der Waals surface area (Å²) in [5.41, 5.74) is 0. The van der Waals surface area contributed by atoms with Gasteiger partial charge in [-0.3, -0.25) is 0 Å². The van der Waals surface area contributed by atoms with E-state index in [0.29, 0.717) is 0 Å². The molecule has 1 nitrogen and oxygen atoms in total. The molecule has 0 N–H and O–H groups in total. The van der Waals surface area contributed by atoms with Gasteiger partial charge in [0.05, 0.1) is 15.8 Å². The van der Waals surface area contributed by atoms with Crippen molar-refractivity contribution in [2.75, 3.05) is 6.61 Å². The van der Waals surface area contributed by atoms with E-state index in [2.05, 4.69) is 28.1 Å². The Morgan fingerprint density at radius 3 is 2.86 bits per heavy atom. The van der Waals surface area contributed by atoms with E-state index < -0.39 is 0 Å². The van der Waals surface area contributed by atoms with Gasteiger partial charge in [-0.15, -0.1) is 0 Å². The first-order valence-corrected chi connectivity index (χ1v) is 5.60. The Hall–Kier alpha value is 1.04. The molecule has 0 saturated heterocycles. The first-order chi connectivity index (χ1) is 3.41. The molecule has 0 saturated carbocycles. The molecule has 0 radical (unpaired) electrons. The Bertz CT molecular complexity index is 30.9. The second-order valence-corrected chi connectivity index (χ2v) is 2.68. The minimum Gasteiger partial charge on any atom is -0.305 e. The highest BCUT2D eigenvalue weighted by Crippen LogP contribution is 2.12. The zero-order valence-corrected chi connectivity index (χ0v) is 7.29. The zero-order valence-electron chi connectivity index (χ0n) is 4.32. The van der Waals surface area contributed by atoms with Crippen molar-refractivity contribution in [3.63, 3.8) is 0 Å². The first-order valence-electron chi connectivity index (χ1n) is 2.32. The Morgan fingerprint density at radius 1 is 1.71 bits per heavy atom. The van der Waals surface area contributed by atoms with Gasteiger partial charge < -0.3 is 4.18 Å². The van der Waals surface area contributed by atoms with Crippen LogP contribution in [0.5, 0.6) is 0 Å². The van der Waals surface area contributed by atoms with E-state index in [4.69, 9.17) is 4.18 Å². The molecule has 0 heterocycles. The summed E-state index contributed by atoms with van der Waals surface area (Å²) >= 11 is 2.12. The third-order valence-electron chi connectivity index (χ3n) is 0.626. The van der Waals surface area contributed by atoms with Crippen molar-refractivity contribution in [2.45, 2.75) is 19.8 Å². The Morgan fingerprint density at radius 2 is 2.43 bits per heavy atom. The fraction of sp³-hybridized carbons (Fsp3) is 1.00. The summed E-state index contributed by atoms with van der Waals surface area (Å²) < 4.78 is 4.98. The highest BCUT2D eigenvalue weighted by atomic mass is 127. The van der Waals surface area contributed by atoms with Crippen LogP contribution >= 0.6 is 30.4 Å². The minimum atomic E-state index is 0.893. The molecule has 0 aromatic heterocycles. The minimum absolute atomic E-state index is 0.893. The van der Waals surface area contributed by atoms with Crippen LogP contribution in [0.15, 0.2) is 0 Å².